The molecule has 1 aromatic heterocycles. The van der Waals surface area contributed by atoms with E-state index in [0.29, 0.717) is 0 Å². The number of nitrogens with zero attached hydrogens (tertiary/aromatic N) is 2. The molecule has 1 rings (SSSR count). The Hall–Kier alpha value is -0.650. The van der Waals surface area contributed by atoms with Gasteiger partial charge >= 0.3 is 0 Å². The zero-order valence-corrected chi connectivity index (χ0v) is 12.7. The van der Waals surface area contributed by atoms with Crippen LogP contribution in [0, 0.1) is 0 Å². The molecule has 0 aliphatic rings. The summed E-state index contributed by atoms with van der Waals surface area (Å²) in [5.41, 5.74) is -0.129. The first-order valence-corrected chi connectivity index (χ1v) is 7.93. The molecule has 0 amide bonds. The molecule has 0 radical (unpaired) electrons. The molecule has 0 saturated carbocycles. The summed E-state index contributed by atoms with van der Waals surface area (Å²) in [6.45, 7) is 5.40. The van der Waals surface area contributed by atoms with E-state index in [1.165, 1.54) is 0 Å². The zero-order valence-electron chi connectivity index (χ0n) is 11.9. The molecule has 1 unspecified atom stereocenters. The molecule has 0 saturated heterocycles. The third-order valence-corrected chi connectivity index (χ3v) is 4.11. The molecule has 108 valence electrons. The highest BCUT2D eigenvalue weighted by Crippen LogP contribution is 2.18. The molecular weight excluding hydrogens is 258 g/mol. The second-order valence-electron chi connectivity index (χ2n) is 5.00. The minimum absolute atomic E-state index is 0.129. The largest absolute Gasteiger partial charge is 0.394 e. The van der Waals surface area contributed by atoms with Gasteiger partial charge in [-0.1, -0.05) is 13.3 Å². The molecule has 0 bridgehead atoms. The predicted molar refractivity (Wildman–Crippen MR) is 80.4 cm³/mol. The van der Waals surface area contributed by atoms with Gasteiger partial charge in [0.15, 0.2) is 0 Å². The van der Waals surface area contributed by atoms with E-state index >= 15 is 0 Å². The van der Waals surface area contributed by atoms with E-state index in [-0.39, 0.29) is 12.1 Å². The van der Waals surface area contributed by atoms with Crippen molar-refractivity contribution < 1.29 is 5.11 Å². The highest BCUT2D eigenvalue weighted by Gasteiger charge is 2.21. The zero-order chi connectivity index (χ0) is 14.0. The van der Waals surface area contributed by atoms with E-state index in [1.807, 2.05) is 6.07 Å². The van der Waals surface area contributed by atoms with Crippen molar-refractivity contribution in [2.75, 3.05) is 18.9 Å². The monoisotopic (exact) mass is 283 g/mol. The number of rotatable bonds is 10. The number of aromatic nitrogens is 2. The third kappa shape index (κ3) is 6.89. The second-order valence-corrected chi connectivity index (χ2v) is 6.11. The van der Waals surface area contributed by atoms with Crippen molar-refractivity contribution in [1.29, 1.82) is 0 Å². The molecule has 19 heavy (non-hydrogen) atoms. The van der Waals surface area contributed by atoms with Gasteiger partial charge in [0.25, 0.3) is 0 Å². The van der Waals surface area contributed by atoms with Crippen LogP contribution in [0.15, 0.2) is 23.6 Å². The smallest absolute Gasteiger partial charge is 0.116 e. The number of hydrogen-bond donors (Lipinski definition) is 2. The Morgan fingerprint density at radius 1 is 1.42 bits per heavy atom. The molecule has 1 aromatic rings. The lowest BCUT2D eigenvalue weighted by molar-refractivity contribution is 0.163. The number of aliphatic hydroxyl groups is 1. The maximum Gasteiger partial charge on any atom is 0.116 e. The first kappa shape index (κ1) is 16.4. The van der Waals surface area contributed by atoms with Gasteiger partial charge in [0, 0.05) is 11.7 Å². The van der Waals surface area contributed by atoms with Crippen LogP contribution in [0.25, 0.3) is 0 Å². The van der Waals surface area contributed by atoms with Crippen molar-refractivity contribution in [1.82, 2.24) is 15.3 Å². The summed E-state index contributed by atoms with van der Waals surface area (Å²) in [6, 6.07) is 1.94. The van der Waals surface area contributed by atoms with Crippen LogP contribution < -0.4 is 5.32 Å². The molecule has 0 aliphatic heterocycles. The average molecular weight is 283 g/mol. The van der Waals surface area contributed by atoms with Gasteiger partial charge in [-0.2, -0.15) is 0 Å². The quantitative estimate of drug-likeness (QED) is 0.392. The Morgan fingerprint density at radius 2 is 2.26 bits per heavy atom. The predicted octanol–water partition coefficient (Wildman–Crippen LogP) is 2.49. The first-order valence-electron chi connectivity index (χ1n) is 6.95. The highest BCUT2D eigenvalue weighted by molar-refractivity contribution is 7.99. The van der Waals surface area contributed by atoms with Gasteiger partial charge in [0.1, 0.15) is 6.33 Å². The van der Waals surface area contributed by atoms with Crippen LogP contribution in [0.4, 0.5) is 0 Å². The first-order chi connectivity index (χ1) is 9.20. The minimum atomic E-state index is -0.129. The van der Waals surface area contributed by atoms with Crippen LogP contribution in [0.2, 0.25) is 0 Å². The fourth-order valence-electron chi connectivity index (χ4n) is 1.81. The van der Waals surface area contributed by atoms with E-state index in [1.54, 1.807) is 24.3 Å². The summed E-state index contributed by atoms with van der Waals surface area (Å²) in [5, 5.41) is 13.9. The van der Waals surface area contributed by atoms with Gasteiger partial charge in [-0.3, -0.25) is 0 Å². The molecule has 1 atom stereocenters. The fraction of sp³-hybridized carbons (Fsp3) is 0.714. The lowest BCUT2D eigenvalue weighted by atomic mass is 9.96. The summed E-state index contributed by atoms with van der Waals surface area (Å²) >= 11 is 1.76. The van der Waals surface area contributed by atoms with Crippen LogP contribution in [-0.4, -0.2) is 39.5 Å². The van der Waals surface area contributed by atoms with Gasteiger partial charge in [-0.25, -0.2) is 9.97 Å². The average Bonchev–Trinajstić information content (AvgIpc) is 2.46. The summed E-state index contributed by atoms with van der Waals surface area (Å²) in [4.78, 5) is 8.08. The normalized spacial score (nSPS) is 14.3. The summed E-state index contributed by atoms with van der Waals surface area (Å²) in [7, 11) is 0. The molecule has 4 nitrogen and oxygen atoms in total. The number of unbranched alkanes of at least 4 members (excludes halogenated alkanes) is 1. The van der Waals surface area contributed by atoms with Crippen LogP contribution in [0.1, 0.15) is 39.5 Å². The van der Waals surface area contributed by atoms with E-state index in [0.717, 1.165) is 43.0 Å². The van der Waals surface area contributed by atoms with E-state index in [2.05, 4.69) is 29.1 Å². The van der Waals surface area contributed by atoms with Gasteiger partial charge in [0.2, 0.25) is 0 Å². The molecule has 5 heteroatoms. The summed E-state index contributed by atoms with van der Waals surface area (Å²) in [5.74, 6) is 1.06. The standard InChI is InChI=1S/C14H25N3OS/c1-3-8-17-14(2,11-18)7-4-5-10-19-13-6-9-15-12-16-13/h6,9,12,17-18H,3-5,7-8,10-11H2,1-2H3. The highest BCUT2D eigenvalue weighted by atomic mass is 32.2. The van der Waals surface area contributed by atoms with Crippen molar-refractivity contribution in [2.24, 2.45) is 0 Å². The second kappa shape index (κ2) is 9.28. The van der Waals surface area contributed by atoms with E-state index in [4.69, 9.17) is 0 Å². The van der Waals surface area contributed by atoms with Crippen molar-refractivity contribution in [2.45, 2.75) is 50.1 Å². The van der Waals surface area contributed by atoms with Gasteiger partial charge in [-0.15, -0.1) is 11.8 Å². The Kier molecular flexibility index (Phi) is 8.02. The molecule has 0 spiro atoms. The van der Waals surface area contributed by atoms with Crippen LogP contribution in [-0.2, 0) is 0 Å². The van der Waals surface area contributed by atoms with Crippen molar-refractivity contribution in [3.8, 4) is 0 Å². The lowest BCUT2D eigenvalue weighted by Crippen LogP contribution is -2.46. The number of thioether (sulfide) groups is 1. The molecule has 2 N–H and O–H groups in total. The van der Waals surface area contributed by atoms with Crippen LogP contribution in [0.3, 0.4) is 0 Å². The molecule has 0 aliphatic carbocycles. The number of hydrogen-bond acceptors (Lipinski definition) is 5. The Morgan fingerprint density at radius 3 is 2.89 bits per heavy atom. The molecule has 0 aromatic carbocycles. The van der Waals surface area contributed by atoms with E-state index in [9.17, 15) is 5.11 Å². The van der Waals surface area contributed by atoms with E-state index < -0.39 is 0 Å². The maximum atomic E-state index is 9.46. The number of aliphatic hydroxyl groups excluding tert-OH is 1. The van der Waals surface area contributed by atoms with Crippen molar-refractivity contribution in [3.05, 3.63) is 18.6 Å². The molecular formula is C14H25N3OS. The fourth-order valence-corrected chi connectivity index (χ4v) is 2.64. The van der Waals surface area contributed by atoms with Crippen molar-refractivity contribution >= 4 is 11.8 Å². The summed E-state index contributed by atoms with van der Waals surface area (Å²) < 4.78 is 0. The topological polar surface area (TPSA) is 58.0 Å². The summed E-state index contributed by atoms with van der Waals surface area (Å²) in [6.07, 6.45) is 7.71. The third-order valence-electron chi connectivity index (χ3n) is 3.08. The SMILES string of the molecule is CCCNC(C)(CO)CCCCSc1ccncn1. The molecule has 1 heterocycles. The Bertz CT molecular complexity index is 337. The molecule has 0 fully saturated rings. The Labute approximate surface area is 120 Å². The Balaban J connectivity index is 2.15. The minimum Gasteiger partial charge on any atom is -0.394 e. The van der Waals surface area contributed by atoms with Crippen LogP contribution >= 0.6 is 11.8 Å². The lowest BCUT2D eigenvalue weighted by Gasteiger charge is -2.28. The van der Waals surface area contributed by atoms with Gasteiger partial charge in [0.05, 0.1) is 11.6 Å². The van der Waals surface area contributed by atoms with Gasteiger partial charge in [-0.05, 0) is 44.6 Å². The van der Waals surface area contributed by atoms with Crippen molar-refractivity contribution in [3.63, 3.8) is 0 Å². The number of nitrogens with one attached hydrogen (secondary N) is 1. The van der Waals surface area contributed by atoms with Gasteiger partial charge < -0.3 is 10.4 Å². The van der Waals surface area contributed by atoms with Crippen LogP contribution in [0.5, 0.6) is 0 Å². The maximum absolute atomic E-state index is 9.46.